The molecule has 1 fully saturated rings. The van der Waals surface area contributed by atoms with Gasteiger partial charge in [0.25, 0.3) is 0 Å². The standard InChI is InChI=1S/C21H23FN2O3/c1-2-27-21(26)16-6-5-7-17(14-16)23-20(25)15-10-12-24(13-11-15)19-9-4-3-8-18(19)22/h3-9,14-15H,2,10-13H2,1H3,(H,23,25). The van der Waals surface area contributed by atoms with Crippen LogP contribution in [-0.4, -0.2) is 31.6 Å². The highest BCUT2D eigenvalue weighted by atomic mass is 19.1. The van der Waals surface area contributed by atoms with Crippen molar-refractivity contribution in [3.63, 3.8) is 0 Å². The molecule has 5 nitrogen and oxygen atoms in total. The van der Waals surface area contributed by atoms with Gasteiger partial charge in [0, 0.05) is 24.7 Å². The maximum absolute atomic E-state index is 13.9. The Labute approximate surface area is 158 Å². The number of hydrogen-bond acceptors (Lipinski definition) is 4. The molecule has 1 amide bonds. The quantitative estimate of drug-likeness (QED) is 0.812. The van der Waals surface area contributed by atoms with Gasteiger partial charge in [-0.05, 0) is 50.1 Å². The van der Waals surface area contributed by atoms with Gasteiger partial charge in [-0.3, -0.25) is 4.79 Å². The second-order valence-electron chi connectivity index (χ2n) is 6.50. The third-order valence-corrected chi connectivity index (χ3v) is 4.70. The average molecular weight is 370 g/mol. The van der Waals surface area contributed by atoms with E-state index in [2.05, 4.69) is 5.32 Å². The highest BCUT2D eigenvalue weighted by Crippen LogP contribution is 2.26. The molecule has 27 heavy (non-hydrogen) atoms. The van der Waals surface area contributed by atoms with Gasteiger partial charge in [-0.25, -0.2) is 9.18 Å². The molecule has 3 rings (SSSR count). The molecule has 0 aromatic heterocycles. The Morgan fingerprint density at radius 3 is 2.59 bits per heavy atom. The van der Waals surface area contributed by atoms with Crippen LogP contribution in [0.25, 0.3) is 0 Å². The molecule has 2 aromatic rings. The van der Waals surface area contributed by atoms with Crippen LogP contribution in [0.1, 0.15) is 30.1 Å². The first kappa shape index (κ1) is 18.9. The van der Waals surface area contributed by atoms with Crippen LogP contribution in [0.2, 0.25) is 0 Å². The highest BCUT2D eigenvalue weighted by molar-refractivity contribution is 5.95. The zero-order valence-electron chi connectivity index (χ0n) is 15.3. The third-order valence-electron chi connectivity index (χ3n) is 4.70. The number of hydrogen-bond donors (Lipinski definition) is 1. The first-order chi connectivity index (χ1) is 13.1. The van der Waals surface area contributed by atoms with E-state index in [-0.39, 0.29) is 17.6 Å². The summed E-state index contributed by atoms with van der Waals surface area (Å²) in [4.78, 5) is 26.3. The van der Waals surface area contributed by atoms with Crippen LogP contribution in [0.4, 0.5) is 15.8 Å². The molecule has 1 heterocycles. The van der Waals surface area contributed by atoms with E-state index in [0.717, 1.165) is 0 Å². The molecule has 6 heteroatoms. The summed E-state index contributed by atoms with van der Waals surface area (Å²) >= 11 is 0. The minimum absolute atomic E-state index is 0.0795. The summed E-state index contributed by atoms with van der Waals surface area (Å²) in [6.45, 7) is 3.30. The van der Waals surface area contributed by atoms with Crippen molar-refractivity contribution in [3.8, 4) is 0 Å². The van der Waals surface area contributed by atoms with Gasteiger partial charge < -0.3 is 15.0 Å². The van der Waals surface area contributed by atoms with Gasteiger partial charge in [0.2, 0.25) is 5.91 Å². The Balaban J connectivity index is 1.58. The average Bonchev–Trinajstić information content (AvgIpc) is 2.69. The molecule has 0 unspecified atom stereocenters. The molecule has 1 aliphatic heterocycles. The number of para-hydroxylation sites is 1. The molecule has 1 saturated heterocycles. The Morgan fingerprint density at radius 1 is 1.15 bits per heavy atom. The van der Waals surface area contributed by atoms with E-state index in [1.807, 2.05) is 11.0 Å². The summed E-state index contributed by atoms with van der Waals surface area (Å²) in [6, 6.07) is 13.4. The predicted octanol–water partition coefficient (Wildman–Crippen LogP) is 3.86. The maximum atomic E-state index is 13.9. The molecule has 0 atom stereocenters. The summed E-state index contributed by atoms with van der Waals surface area (Å²) in [5, 5.41) is 2.88. The highest BCUT2D eigenvalue weighted by Gasteiger charge is 2.26. The van der Waals surface area contributed by atoms with E-state index in [1.165, 1.54) is 6.07 Å². The monoisotopic (exact) mass is 370 g/mol. The summed E-state index contributed by atoms with van der Waals surface area (Å²) in [6.07, 6.45) is 1.30. The summed E-state index contributed by atoms with van der Waals surface area (Å²) in [5.41, 5.74) is 1.56. The van der Waals surface area contributed by atoms with E-state index < -0.39 is 5.97 Å². The molecule has 142 valence electrons. The number of halogens is 1. The van der Waals surface area contributed by atoms with E-state index in [0.29, 0.717) is 49.5 Å². The first-order valence-electron chi connectivity index (χ1n) is 9.16. The molecule has 2 aromatic carbocycles. The number of rotatable bonds is 5. The van der Waals surface area contributed by atoms with Gasteiger partial charge in [-0.15, -0.1) is 0 Å². The van der Waals surface area contributed by atoms with Crippen LogP contribution in [0.5, 0.6) is 0 Å². The fourth-order valence-corrected chi connectivity index (χ4v) is 3.27. The van der Waals surface area contributed by atoms with Crippen LogP contribution < -0.4 is 10.2 Å². The van der Waals surface area contributed by atoms with Crippen molar-refractivity contribution >= 4 is 23.3 Å². The van der Waals surface area contributed by atoms with E-state index in [4.69, 9.17) is 4.74 Å². The van der Waals surface area contributed by atoms with Crippen molar-refractivity contribution in [2.75, 3.05) is 29.9 Å². The SMILES string of the molecule is CCOC(=O)c1cccc(NC(=O)C2CCN(c3ccccc3F)CC2)c1. The molecular formula is C21H23FN2O3. The second kappa shape index (κ2) is 8.66. The van der Waals surface area contributed by atoms with E-state index in [1.54, 1.807) is 43.3 Å². The van der Waals surface area contributed by atoms with Crippen LogP contribution in [0.3, 0.4) is 0 Å². The Hall–Kier alpha value is -2.89. The summed E-state index contributed by atoms with van der Waals surface area (Å²) < 4.78 is 18.9. The molecular weight excluding hydrogens is 347 g/mol. The summed E-state index contributed by atoms with van der Waals surface area (Å²) in [5.74, 6) is -0.869. The maximum Gasteiger partial charge on any atom is 0.338 e. The Bertz CT molecular complexity index is 817. The predicted molar refractivity (Wildman–Crippen MR) is 102 cm³/mol. The number of esters is 1. The number of anilines is 2. The number of nitrogens with one attached hydrogen (secondary N) is 1. The summed E-state index contributed by atoms with van der Waals surface area (Å²) in [7, 11) is 0. The molecule has 0 aliphatic carbocycles. The van der Waals surface area contributed by atoms with Crippen LogP contribution in [0, 0.1) is 11.7 Å². The van der Waals surface area contributed by atoms with Crippen molar-refractivity contribution in [1.82, 2.24) is 0 Å². The fraction of sp³-hybridized carbons (Fsp3) is 0.333. The van der Waals surface area contributed by atoms with Gasteiger partial charge in [0.05, 0.1) is 17.9 Å². The molecule has 0 saturated carbocycles. The van der Waals surface area contributed by atoms with Gasteiger partial charge in [-0.1, -0.05) is 18.2 Å². The van der Waals surface area contributed by atoms with Crippen molar-refractivity contribution in [2.24, 2.45) is 5.92 Å². The van der Waals surface area contributed by atoms with Crippen LogP contribution in [0.15, 0.2) is 48.5 Å². The molecule has 0 bridgehead atoms. The second-order valence-corrected chi connectivity index (χ2v) is 6.50. The minimum Gasteiger partial charge on any atom is -0.462 e. The normalized spacial score (nSPS) is 14.7. The number of benzene rings is 2. The van der Waals surface area contributed by atoms with Crippen molar-refractivity contribution in [2.45, 2.75) is 19.8 Å². The van der Waals surface area contributed by atoms with Gasteiger partial charge >= 0.3 is 5.97 Å². The van der Waals surface area contributed by atoms with Gasteiger partial charge in [0.1, 0.15) is 5.82 Å². The first-order valence-corrected chi connectivity index (χ1v) is 9.16. The Morgan fingerprint density at radius 2 is 1.89 bits per heavy atom. The molecule has 1 N–H and O–H groups in total. The largest absolute Gasteiger partial charge is 0.462 e. The lowest BCUT2D eigenvalue weighted by molar-refractivity contribution is -0.120. The van der Waals surface area contributed by atoms with Gasteiger partial charge in [-0.2, -0.15) is 0 Å². The molecule has 0 radical (unpaired) electrons. The van der Waals surface area contributed by atoms with E-state index >= 15 is 0 Å². The molecule has 0 spiro atoms. The number of nitrogens with zero attached hydrogens (tertiary/aromatic N) is 1. The fourth-order valence-electron chi connectivity index (χ4n) is 3.27. The topological polar surface area (TPSA) is 58.6 Å². The third kappa shape index (κ3) is 4.64. The zero-order valence-corrected chi connectivity index (χ0v) is 15.3. The van der Waals surface area contributed by atoms with Crippen molar-refractivity contribution in [3.05, 3.63) is 59.9 Å². The van der Waals surface area contributed by atoms with Crippen LogP contribution >= 0.6 is 0 Å². The van der Waals surface area contributed by atoms with Crippen LogP contribution in [-0.2, 0) is 9.53 Å². The van der Waals surface area contributed by atoms with Crippen molar-refractivity contribution < 1.29 is 18.7 Å². The lowest BCUT2D eigenvalue weighted by Crippen LogP contribution is -2.38. The Kier molecular flexibility index (Phi) is 6.06. The van der Waals surface area contributed by atoms with E-state index in [9.17, 15) is 14.0 Å². The smallest absolute Gasteiger partial charge is 0.338 e. The zero-order chi connectivity index (χ0) is 19.2. The number of carbonyl (C=O) groups excluding carboxylic acids is 2. The lowest BCUT2D eigenvalue weighted by Gasteiger charge is -2.33. The van der Waals surface area contributed by atoms with Gasteiger partial charge in [0.15, 0.2) is 0 Å². The number of carbonyl (C=O) groups is 2. The number of piperidine rings is 1. The minimum atomic E-state index is -0.410. The molecule has 1 aliphatic rings. The van der Waals surface area contributed by atoms with Crippen molar-refractivity contribution in [1.29, 1.82) is 0 Å². The number of amides is 1. The number of ether oxygens (including phenoxy) is 1. The lowest BCUT2D eigenvalue weighted by atomic mass is 9.95.